The number of piperazine rings is 1. The largest absolute Gasteiger partial charge is 0.491 e. The zero-order valence-corrected chi connectivity index (χ0v) is 25.0. The maximum Gasteiger partial charge on any atom is 0.212 e. The number of ether oxygens (including phenoxy) is 3. The molecule has 1 aromatic carbocycles. The summed E-state index contributed by atoms with van der Waals surface area (Å²) in [5.74, 6) is 1.41. The standard InChI is InChI=1S/C34H37N7O3/c1-42-33-9-2-23(15-36-33)17-40-27-12-28(40)19-39(18-27)26-5-3-24(4-6-26)32-13-31(22-41-34(32)25(14-35)16-37-41)43-11-10-38-20-29-7-8-30(21-38)44-29/h2-6,9,13,15-16,22,27-30H,7-8,10-12,17-21H2,1H3. The highest BCUT2D eigenvalue weighted by molar-refractivity contribution is 5.85. The number of fused-ring (bicyclic) bond motifs is 5. The van der Waals surface area contributed by atoms with Crippen LogP contribution in [0.1, 0.15) is 30.4 Å². The van der Waals surface area contributed by atoms with Gasteiger partial charge in [-0.3, -0.25) is 9.80 Å². The number of nitriles is 1. The highest BCUT2D eigenvalue weighted by Gasteiger charge is 2.44. The Balaban J connectivity index is 0.954. The Hall–Kier alpha value is -4.17. The number of anilines is 1. The lowest BCUT2D eigenvalue weighted by Crippen LogP contribution is -2.68. The quantitative estimate of drug-likeness (QED) is 0.287. The van der Waals surface area contributed by atoms with E-state index in [9.17, 15) is 5.26 Å². The first-order valence-corrected chi connectivity index (χ1v) is 15.7. The third-order valence-electron chi connectivity index (χ3n) is 9.76. The molecule has 4 atom stereocenters. The van der Waals surface area contributed by atoms with Crippen LogP contribution in [0.2, 0.25) is 0 Å². The van der Waals surface area contributed by atoms with Crippen molar-refractivity contribution in [3.05, 3.63) is 72.2 Å². The Labute approximate surface area is 257 Å². The third-order valence-corrected chi connectivity index (χ3v) is 9.76. The molecule has 0 radical (unpaired) electrons. The van der Waals surface area contributed by atoms with Gasteiger partial charge < -0.3 is 19.1 Å². The van der Waals surface area contributed by atoms with Crippen LogP contribution in [0.25, 0.3) is 16.6 Å². The van der Waals surface area contributed by atoms with Gasteiger partial charge in [-0.1, -0.05) is 18.2 Å². The van der Waals surface area contributed by atoms with Crippen LogP contribution in [0.15, 0.2) is 61.1 Å². The summed E-state index contributed by atoms with van der Waals surface area (Å²) in [4.78, 5) is 11.9. The van der Waals surface area contributed by atoms with Gasteiger partial charge in [-0.2, -0.15) is 10.4 Å². The van der Waals surface area contributed by atoms with Gasteiger partial charge in [0.1, 0.15) is 18.4 Å². The molecule has 226 valence electrons. The molecule has 0 saturated carbocycles. The number of hydrogen-bond donors (Lipinski definition) is 0. The molecule has 5 fully saturated rings. The lowest BCUT2D eigenvalue weighted by atomic mass is 9.86. The first-order chi connectivity index (χ1) is 21.6. The average molecular weight is 592 g/mol. The van der Waals surface area contributed by atoms with Gasteiger partial charge in [-0.05, 0) is 48.6 Å². The monoisotopic (exact) mass is 591 g/mol. The van der Waals surface area contributed by atoms with Crippen LogP contribution >= 0.6 is 0 Å². The summed E-state index contributed by atoms with van der Waals surface area (Å²) < 4.78 is 19.2. The Bertz CT molecular complexity index is 1660. The van der Waals surface area contributed by atoms with Gasteiger partial charge in [0.2, 0.25) is 5.88 Å². The van der Waals surface area contributed by atoms with Crippen LogP contribution < -0.4 is 14.4 Å². The molecule has 0 N–H and O–H groups in total. The Morgan fingerprint density at radius 2 is 1.80 bits per heavy atom. The van der Waals surface area contributed by atoms with Crippen LogP contribution in [-0.4, -0.2) is 95.1 Å². The molecule has 5 aliphatic rings. The fourth-order valence-electron chi connectivity index (χ4n) is 7.50. The second-order valence-corrected chi connectivity index (χ2v) is 12.5. The molecule has 0 spiro atoms. The van der Waals surface area contributed by atoms with Crippen molar-refractivity contribution in [2.24, 2.45) is 0 Å². The van der Waals surface area contributed by atoms with Crippen molar-refractivity contribution in [3.8, 4) is 28.8 Å². The summed E-state index contributed by atoms with van der Waals surface area (Å²) in [5, 5.41) is 14.3. The minimum atomic E-state index is 0.375. The number of rotatable bonds is 9. The summed E-state index contributed by atoms with van der Waals surface area (Å²) in [6.45, 7) is 6.38. The van der Waals surface area contributed by atoms with E-state index in [0.29, 0.717) is 42.3 Å². The van der Waals surface area contributed by atoms with E-state index in [1.807, 2.05) is 18.5 Å². The van der Waals surface area contributed by atoms with E-state index in [4.69, 9.17) is 14.2 Å². The summed E-state index contributed by atoms with van der Waals surface area (Å²) >= 11 is 0. The Morgan fingerprint density at radius 3 is 2.50 bits per heavy atom. The van der Waals surface area contributed by atoms with Gasteiger partial charge in [0.05, 0.1) is 42.8 Å². The number of hydrogen-bond acceptors (Lipinski definition) is 9. The Morgan fingerprint density at radius 1 is 1.00 bits per heavy atom. The topological polar surface area (TPSA) is 91.4 Å². The van der Waals surface area contributed by atoms with Crippen molar-refractivity contribution in [2.75, 3.05) is 51.3 Å². The van der Waals surface area contributed by atoms with Crippen molar-refractivity contribution in [1.82, 2.24) is 24.4 Å². The zero-order valence-electron chi connectivity index (χ0n) is 25.0. The molecule has 8 heterocycles. The molecule has 5 saturated heterocycles. The molecule has 10 nitrogen and oxygen atoms in total. The van der Waals surface area contributed by atoms with Crippen molar-refractivity contribution in [3.63, 3.8) is 0 Å². The fraction of sp³-hybridized carbons (Fsp3) is 0.441. The molecular formula is C34H37N7O3. The molecule has 9 rings (SSSR count). The maximum atomic E-state index is 9.81. The van der Waals surface area contributed by atoms with Gasteiger partial charge >= 0.3 is 0 Å². The molecule has 0 aliphatic carbocycles. The van der Waals surface area contributed by atoms with Crippen LogP contribution in [-0.2, 0) is 11.3 Å². The number of benzene rings is 1. The van der Waals surface area contributed by atoms with E-state index < -0.39 is 0 Å². The maximum absolute atomic E-state index is 9.81. The average Bonchev–Trinajstić information content (AvgIpc) is 3.65. The number of likely N-dealkylation sites (tertiary alicyclic amines) is 1. The normalized spacial score (nSPS) is 24.7. The lowest BCUT2D eigenvalue weighted by Gasteiger charge is -2.57. The van der Waals surface area contributed by atoms with Gasteiger partial charge in [-0.25, -0.2) is 9.50 Å². The number of piperidine rings is 1. The second-order valence-electron chi connectivity index (χ2n) is 12.5. The lowest BCUT2D eigenvalue weighted by molar-refractivity contribution is -0.0409. The van der Waals surface area contributed by atoms with Crippen molar-refractivity contribution in [2.45, 2.75) is 50.1 Å². The first kappa shape index (κ1) is 27.4. The van der Waals surface area contributed by atoms with Crippen LogP contribution in [0.3, 0.4) is 0 Å². The van der Waals surface area contributed by atoms with E-state index in [0.717, 1.165) is 61.7 Å². The summed E-state index contributed by atoms with van der Waals surface area (Å²) in [7, 11) is 1.65. The first-order valence-electron chi connectivity index (χ1n) is 15.7. The van der Waals surface area contributed by atoms with E-state index >= 15 is 0 Å². The van der Waals surface area contributed by atoms with Gasteiger partial charge in [0, 0.05) is 74.9 Å². The minimum absolute atomic E-state index is 0.375. The molecule has 5 aliphatic heterocycles. The number of nitrogens with zero attached hydrogens (tertiary/aromatic N) is 7. The van der Waals surface area contributed by atoms with E-state index in [1.165, 1.54) is 30.5 Å². The molecular weight excluding hydrogens is 554 g/mol. The van der Waals surface area contributed by atoms with Gasteiger partial charge in [-0.15, -0.1) is 0 Å². The summed E-state index contributed by atoms with van der Waals surface area (Å²) in [5.41, 5.74) is 5.81. The predicted molar refractivity (Wildman–Crippen MR) is 166 cm³/mol. The van der Waals surface area contributed by atoms with E-state index in [2.05, 4.69) is 67.2 Å². The van der Waals surface area contributed by atoms with Crippen LogP contribution in [0, 0.1) is 11.3 Å². The molecule has 0 amide bonds. The molecule has 4 unspecified atom stereocenters. The molecule has 4 aromatic rings. The van der Waals surface area contributed by atoms with E-state index in [1.54, 1.807) is 17.8 Å². The van der Waals surface area contributed by atoms with Crippen molar-refractivity contribution < 1.29 is 14.2 Å². The third kappa shape index (κ3) is 5.15. The van der Waals surface area contributed by atoms with Gasteiger partial charge in [0.25, 0.3) is 0 Å². The SMILES string of the molecule is COc1ccc(CN2C3CC2CN(c2ccc(-c4cc(OCCN5CC6CCC(C5)O6)cn5ncc(C#N)c45)cc2)C3)cn1. The predicted octanol–water partition coefficient (Wildman–Crippen LogP) is 3.98. The summed E-state index contributed by atoms with van der Waals surface area (Å²) in [6.07, 6.45) is 9.76. The number of aromatic nitrogens is 3. The number of morpholine rings is 1. The zero-order chi connectivity index (χ0) is 29.6. The fourth-order valence-corrected chi connectivity index (χ4v) is 7.50. The van der Waals surface area contributed by atoms with Crippen LogP contribution in [0.5, 0.6) is 11.6 Å². The molecule has 10 heteroatoms. The van der Waals surface area contributed by atoms with Crippen molar-refractivity contribution in [1.29, 1.82) is 5.26 Å². The number of pyridine rings is 2. The molecule has 44 heavy (non-hydrogen) atoms. The highest BCUT2D eigenvalue weighted by Crippen LogP contribution is 2.37. The minimum Gasteiger partial charge on any atom is -0.491 e. The highest BCUT2D eigenvalue weighted by atomic mass is 16.5. The van der Waals surface area contributed by atoms with Crippen LogP contribution in [0.4, 0.5) is 5.69 Å². The second kappa shape index (κ2) is 11.4. The smallest absolute Gasteiger partial charge is 0.212 e. The molecule has 3 aromatic heterocycles. The summed E-state index contributed by atoms with van der Waals surface area (Å²) in [6, 6.07) is 18.2. The Kier molecular flexibility index (Phi) is 7.09. The molecule has 4 bridgehead atoms. The van der Waals surface area contributed by atoms with Crippen molar-refractivity contribution >= 4 is 11.2 Å². The van der Waals surface area contributed by atoms with Gasteiger partial charge in [0.15, 0.2) is 0 Å². The van der Waals surface area contributed by atoms with E-state index in [-0.39, 0.29) is 0 Å². The number of methoxy groups -OCH3 is 1.